The third-order valence-corrected chi connectivity index (χ3v) is 2.89. The first-order chi connectivity index (χ1) is 9.49. The van der Waals surface area contributed by atoms with Crippen LogP contribution in [0.5, 0.6) is 11.6 Å². The van der Waals surface area contributed by atoms with Gasteiger partial charge in [0.05, 0.1) is 0 Å². The number of nitrogens with one attached hydrogen (secondary N) is 1. The Bertz CT molecular complexity index is 576. The van der Waals surface area contributed by atoms with Gasteiger partial charge in [-0.25, -0.2) is 4.98 Å². The summed E-state index contributed by atoms with van der Waals surface area (Å²) in [6.45, 7) is 9.33. The van der Waals surface area contributed by atoms with Crippen molar-refractivity contribution in [2.24, 2.45) is 0 Å². The van der Waals surface area contributed by atoms with Crippen molar-refractivity contribution in [1.29, 1.82) is 0 Å². The van der Waals surface area contributed by atoms with Gasteiger partial charge in [0.2, 0.25) is 11.8 Å². The van der Waals surface area contributed by atoms with Crippen LogP contribution in [0.3, 0.4) is 0 Å². The Hall–Kier alpha value is -2.10. The minimum absolute atomic E-state index is 0.0972. The van der Waals surface area contributed by atoms with Gasteiger partial charge < -0.3 is 10.1 Å². The van der Waals surface area contributed by atoms with E-state index < -0.39 is 0 Å². The molecule has 0 aliphatic carbocycles. The highest BCUT2D eigenvalue weighted by molar-refractivity contribution is 5.36. The fourth-order valence-electron chi connectivity index (χ4n) is 1.79. The number of aromatic nitrogens is 2. The molecule has 0 saturated carbocycles. The third-order valence-electron chi connectivity index (χ3n) is 2.89. The monoisotopic (exact) mass is 271 g/mol. The quantitative estimate of drug-likeness (QED) is 0.913. The summed E-state index contributed by atoms with van der Waals surface area (Å²) in [6.07, 6.45) is 1.69. The van der Waals surface area contributed by atoms with Crippen molar-refractivity contribution < 1.29 is 4.74 Å². The standard InChI is InChI=1S/C16H21N3O/c1-5-17-15-18-10-9-14(19-15)20-13-8-6-7-12(11-13)16(2,3)4/h6-11H,5H2,1-4H3,(H,17,18,19). The van der Waals surface area contributed by atoms with Gasteiger partial charge in [-0.2, -0.15) is 4.98 Å². The lowest BCUT2D eigenvalue weighted by atomic mass is 9.87. The summed E-state index contributed by atoms with van der Waals surface area (Å²) in [5.41, 5.74) is 1.33. The van der Waals surface area contributed by atoms with Crippen LogP contribution in [-0.2, 0) is 5.41 Å². The van der Waals surface area contributed by atoms with Crippen LogP contribution in [0.1, 0.15) is 33.3 Å². The zero-order valence-corrected chi connectivity index (χ0v) is 12.5. The summed E-state index contributed by atoms with van der Waals surface area (Å²) in [6, 6.07) is 9.85. The van der Waals surface area contributed by atoms with Gasteiger partial charge in [-0.3, -0.25) is 0 Å². The molecule has 0 radical (unpaired) electrons. The fraction of sp³-hybridized carbons (Fsp3) is 0.375. The lowest BCUT2D eigenvalue weighted by Gasteiger charge is -2.19. The lowest BCUT2D eigenvalue weighted by Crippen LogP contribution is -2.10. The molecule has 20 heavy (non-hydrogen) atoms. The highest BCUT2D eigenvalue weighted by Gasteiger charge is 2.14. The van der Waals surface area contributed by atoms with E-state index in [4.69, 9.17) is 4.74 Å². The zero-order valence-electron chi connectivity index (χ0n) is 12.5. The Morgan fingerprint density at radius 1 is 1.20 bits per heavy atom. The largest absolute Gasteiger partial charge is 0.439 e. The molecule has 0 amide bonds. The Morgan fingerprint density at radius 3 is 2.70 bits per heavy atom. The fourth-order valence-corrected chi connectivity index (χ4v) is 1.79. The minimum atomic E-state index is 0.0972. The number of ether oxygens (including phenoxy) is 1. The summed E-state index contributed by atoms with van der Waals surface area (Å²) in [5, 5.41) is 3.07. The number of hydrogen-bond acceptors (Lipinski definition) is 4. The van der Waals surface area contributed by atoms with Crippen molar-refractivity contribution in [2.75, 3.05) is 11.9 Å². The second-order valence-corrected chi connectivity index (χ2v) is 5.63. The van der Waals surface area contributed by atoms with Crippen LogP contribution >= 0.6 is 0 Å². The van der Waals surface area contributed by atoms with Gasteiger partial charge >= 0.3 is 0 Å². The average molecular weight is 271 g/mol. The summed E-state index contributed by atoms with van der Waals surface area (Å²) < 4.78 is 5.81. The van der Waals surface area contributed by atoms with Crippen molar-refractivity contribution in [3.8, 4) is 11.6 Å². The van der Waals surface area contributed by atoms with E-state index in [1.165, 1.54) is 5.56 Å². The number of benzene rings is 1. The maximum atomic E-state index is 5.81. The Morgan fingerprint density at radius 2 is 2.00 bits per heavy atom. The van der Waals surface area contributed by atoms with Crippen molar-refractivity contribution in [3.05, 3.63) is 42.1 Å². The number of nitrogens with zero attached hydrogens (tertiary/aromatic N) is 2. The molecule has 2 aromatic rings. The lowest BCUT2D eigenvalue weighted by molar-refractivity contribution is 0.459. The van der Waals surface area contributed by atoms with Crippen LogP contribution in [0.2, 0.25) is 0 Å². The first-order valence-electron chi connectivity index (χ1n) is 6.84. The van der Waals surface area contributed by atoms with E-state index >= 15 is 0 Å². The Kier molecular flexibility index (Phi) is 4.23. The van der Waals surface area contributed by atoms with Gasteiger partial charge in [0, 0.05) is 18.8 Å². The van der Waals surface area contributed by atoms with E-state index in [0.29, 0.717) is 11.8 Å². The minimum Gasteiger partial charge on any atom is -0.439 e. The third kappa shape index (κ3) is 3.70. The molecule has 0 aliphatic heterocycles. The van der Waals surface area contributed by atoms with Crippen LogP contribution in [0.15, 0.2) is 36.5 Å². The summed E-state index contributed by atoms with van der Waals surface area (Å²) >= 11 is 0. The van der Waals surface area contributed by atoms with E-state index in [2.05, 4.69) is 48.2 Å². The first-order valence-corrected chi connectivity index (χ1v) is 6.84. The van der Waals surface area contributed by atoms with Crippen LogP contribution in [-0.4, -0.2) is 16.5 Å². The molecule has 1 aromatic heterocycles. The van der Waals surface area contributed by atoms with E-state index in [9.17, 15) is 0 Å². The van der Waals surface area contributed by atoms with Crippen molar-refractivity contribution >= 4 is 5.95 Å². The number of anilines is 1. The molecule has 106 valence electrons. The molecule has 0 spiro atoms. The van der Waals surface area contributed by atoms with Gasteiger partial charge in [0.25, 0.3) is 0 Å². The summed E-state index contributed by atoms with van der Waals surface area (Å²) in [4.78, 5) is 8.43. The second kappa shape index (κ2) is 5.90. The molecular weight excluding hydrogens is 250 g/mol. The molecule has 0 bridgehead atoms. The van der Waals surface area contributed by atoms with Gasteiger partial charge in [0.1, 0.15) is 5.75 Å². The van der Waals surface area contributed by atoms with Crippen molar-refractivity contribution in [2.45, 2.75) is 33.1 Å². The number of hydrogen-bond donors (Lipinski definition) is 1. The predicted octanol–water partition coefficient (Wildman–Crippen LogP) is 4.00. The SMILES string of the molecule is CCNc1nccc(Oc2cccc(C(C)(C)C)c2)n1. The predicted molar refractivity (Wildman–Crippen MR) is 81.4 cm³/mol. The molecule has 0 atom stereocenters. The van der Waals surface area contributed by atoms with Gasteiger partial charge in [0.15, 0.2) is 0 Å². The van der Waals surface area contributed by atoms with E-state index in [1.54, 1.807) is 12.3 Å². The van der Waals surface area contributed by atoms with E-state index in [0.717, 1.165) is 12.3 Å². The van der Waals surface area contributed by atoms with Crippen LogP contribution in [0.4, 0.5) is 5.95 Å². The van der Waals surface area contributed by atoms with Gasteiger partial charge in [-0.15, -0.1) is 0 Å². The highest BCUT2D eigenvalue weighted by Crippen LogP contribution is 2.27. The normalized spacial score (nSPS) is 11.2. The Labute approximate surface area is 120 Å². The molecular formula is C16H21N3O. The molecule has 1 heterocycles. The van der Waals surface area contributed by atoms with E-state index in [-0.39, 0.29) is 5.41 Å². The van der Waals surface area contributed by atoms with Crippen LogP contribution < -0.4 is 10.1 Å². The van der Waals surface area contributed by atoms with Crippen molar-refractivity contribution in [1.82, 2.24) is 9.97 Å². The molecule has 0 fully saturated rings. The van der Waals surface area contributed by atoms with E-state index in [1.807, 2.05) is 19.1 Å². The number of rotatable bonds is 4. The smallest absolute Gasteiger partial charge is 0.225 e. The molecule has 4 heteroatoms. The first kappa shape index (κ1) is 14.3. The molecule has 2 rings (SSSR count). The van der Waals surface area contributed by atoms with Crippen LogP contribution in [0.25, 0.3) is 0 Å². The molecule has 0 saturated heterocycles. The summed E-state index contributed by atoms with van der Waals surface area (Å²) in [7, 11) is 0. The van der Waals surface area contributed by atoms with Crippen molar-refractivity contribution in [3.63, 3.8) is 0 Å². The highest BCUT2D eigenvalue weighted by atomic mass is 16.5. The van der Waals surface area contributed by atoms with Crippen LogP contribution in [0, 0.1) is 0 Å². The molecule has 1 N–H and O–H groups in total. The topological polar surface area (TPSA) is 47.0 Å². The average Bonchev–Trinajstić information content (AvgIpc) is 2.39. The Balaban J connectivity index is 2.19. The van der Waals surface area contributed by atoms with Gasteiger partial charge in [-0.05, 0) is 30.0 Å². The van der Waals surface area contributed by atoms with Gasteiger partial charge in [-0.1, -0.05) is 32.9 Å². The maximum Gasteiger partial charge on any atom is 0.225 e. The zero-order chi connectivity index (χ0) is 14.6. The molecule has 0 unspecified atom stereocenters. The molecule has 1 aromatic carbocycles. The second-order valence-electron chi connectivity index (χ2n) is 5.63. The maximum absolute atomic E-state index is 5.81. The summed E-state index contributed by atoms with van der Waals surface area (Å²) in [5.74, 6) is 1.91. The molecule has 4 nitrogen and oxygen atoms in total. The molecule has 0 aliphatic rings.